The molecule has 96 valence electrons. The fraction of sp³-hybridized carbons (Fsp3) is 0.0714. The highest BCUT2D eigenvalue weighted by molar-refractivity contribution is 5.83. The van der Waals surface area contributed by atoms with E-state index in [2.05, 4.69) is 0 Å². The first kappa shape index (κ1) is 12.8. The molecule has 19 heavy (non-hydrogen) atoms. The van der Waals surface area contributed by atoms with Gasteiger partial charge in [0.15, 0.2) is 6.29 Å². The van der Waals surface area contributed by atoms with E-state index in [9.17, 15) is 14.9 Å². The van der Waals surface area contributed by atoms with Crippen LogP contribution in [0.25, 0.3) is 0 Å². The highest BCUT2D eigenvalue weighted by Crippen LogP contribution is 2.28. The van der Waals surface area contributed by atoms with Crippen molar-refractivity contribution in [2.24, 2.45) is 0 Å². The smallest absolute Gasteiger partial charge is 0.281 e. The van der Waals surface area contributed by atoms with Crippen molar-refractivity contribution >= 4 is 23.3 Å². The molecule has 0 spiro atoms. The molecule has 0 saturated carbocycles. The third-order valence-corrected chi connectivity index (χ3v) is 2.87. The van der Waals surface area contributed by atoms with Crippen molar-refractivity contribution in [2.75, 3.05) is 11.9 Å². The number of benzene rings is 2. The molecule has 0 atom stereocenters. The predicted molar refractivity (Wildman–Crippen MR) is 73.0 cm³/mol. The molecule has 0 bridgehead atoms. The molecular formula is C14H12N2O3. The van der Waals surface area contributed by atoms with Crippen molar-refractivity contribution in [1.29, 1.82) is 0 Å². The molecule has 0 aliphatic carbocycles. The number of carbonyl (C=O) groups is 1. The summed E-state index contributed by atoms with van der Waals surface area (Å²) in [6.45, 7) is 0. The lowest BCUT2D eigenvalue weighted by Gasteiger charge is -2.19. The average Bonchev–Trinajstić information content (AvgIpc) is 2.46. The van der Waals surface area contributed by atoms with Gasteiger partial charge in [0.2, 0.25) is 0 Å². The molecule has 0 fully saturated rings. The fourth-order valence-corrected chi connectivity index (χ4v) is 1.80. The topological polar surface area (TPSA) is 63.5 Å². The molecule has 0 heterocycles. The van der Waals surface area contributed by atoms with Crippen LogP contribution in [0.5, 0.6) is 0 Å². The SMILES string of the molecule is CN(c1ccccc1)c1ccc(C=O)c([N+](=O)[O-])c1. The van der Waals surface area contributed by atoms with Gasteiger partial charge in [0, 0.05) is 24.5 Å². The number of hydrogen-bond donors (Lipinski definition) is 0. The lowest BCUT2D eigenvalue weighted by atomic mass is 10.1. The second-order valence-electron chi connectivity index (χ2n) is 4.01. The van der Waals surface area contributed by atoms with Crippen LogP contribution in [0, 0.1) is 10.1 Å². The maximum Gasteiger partial charge on any atom is 0.281 e. The highest BCUT2D eigenvalue weighted by atomic mass is 16.6. The van der Waals surface area contributed by atoms with Crippen LogP contribution < -0.4 is 4.90 Å². The Kier molecular flexibility index (Phi) is 3.56. The second-order valence-corrected chi connectivity index (χ2v) is 4.01. The molecule has 2 rings (SSSR count). The van der Waals surface area contributed by atoms with Crippen LogP contribution in [0.1, 0.15) is 10.4 Å². The predicted octanol–water partition coefficient (Wildman–Crippen LogP) is 3.18. The maximum absolute atomic E-state index is 10.9. The summed E-state index contributed by atoms with van der Waals surface area (Å²) >= 11 is 0. The van der Waals surface area contributed by atoms with E-state index in [-0.39, 0.29) is 11.3 Å². The van der Waals surface area contributed by atoms with Gasteiger partial charge in [-0.2, -0.15) is 0 Å². The summed E-state index contributed by atoms with van der Waals surface area (Å²) in [5, 5.41) is 10.9. The monoisotopic (exact) mass is 256 g/mol. The van der Waals surface area contributed by atoms with Gasteiger partial charge in [-0.3, -0.25) is 14.9 Å². The van der Waals surface area contributed by atoms with E-state index in [4.69, 9.17) is 0 Å². The van der Waals surface area contributed by atoms with Gasteiger partial charge in [0.1, 0.15) is 0 Å². The molecular weight excluding hydrogens is 244 g/mol. The van der Waals surface area contributed by atoms with Gasteiger partial charge in [-0.25, -0.2) is 0 Å². The lowest BCUT2D eigenvalue weighted by Crippen LogP contribution is -2.09. The van der Waals surface area contributed by atoms with Crippen molar-refractivity contribution in [1.82, 2.24) is 0 Å². The lowest BCUT2D eigenvalue weighted by molar-refractivity contribution is -0.385. The Balaban J connectivity index is 2.44. The minimum atomic E-state index is -0.550. The van der Waals surface area contributed by atoms with Crippen molar-refractivity contribution in [3.63, 3.8) is 0 Å². The first-order valence-electron chi connectivity index (χ1n) is 5.66. The quantitative estimate of drug-likeness (QED) is 0.479. The zero-order chi connectivity index (χ0) is 13.8. The minimum absolute atomic E-state index is 0.0789. The van der Waals surface area contributed by atoms with Crippen molar-refractivity contribution < 1.29 is 9.72 Å². The number of carbonyl (C=O) groups excluding carboxylic acids is 1. The molecule has 0 saturated heterocycles. The Labute approximate surface area is 110 Å². The molecule has 0 unspecified atom stereocenters. The zero-order valence-electron chi connectivity index (χ0n) is 10.3. The number of rotatable bonds is 4. The Bertz CT molecular complexity index is 611. The van der Waals surface area contributed by atoms with E-state index >= 15 is 0 Å². The van der Waals surface area contributed by atoms with Crippen LogP contribution >= 0.6 is 0 Å². The third-order valence-electron chi connectivity index (χ3n) is 2.87. The van der Waals surface area contributed by atoms with Gasteiger partial charge in [-0.15, -0.1) is 0 Å². The van der Waals surface area contributed by atoms with E-state index in [0.717, 1.165) is 5.69 Å². The van der Waals surface area contributed by atoms with E-state index in [1.807, 2.05) is 42.3 Å². The standard InChI is InChI=1S/C14H12N2O3/c1-15(12-5-3-2-4-6-12)13-8-7-11(10-17)14(9-13)16(18)19/h2-10H,1H3. The van der Waals surface area contributed by atoms with Crippen molar-refractivity contribution in [3.05, 3.63) is 64.2 Å². The molecule has 0 aromatic heterocycles. The van der Waals surface area contributed by atoms with Crippen molar-refractivity contribution in [3.8, 4) is 0 Å². The first-order chi connectivity index (χ1) is 9.13. The van der Waals surface area contributed by atoms with Crippen LogP contribution in [0.2, 0.25) is 0 Å². The van der Waals surface area contributed by atoms with Crippen LogP contribution in [-0.4, -0.2) is 18.3 Å². The Morgan fingerprint density at radius 1 is 1.11 bits per heavy atom. The van der Waals surface area contributed by atoms with Crippen LogP contribution in [0.4, 0.5) is 17.1 Å². The van der Waals surface area contributed by atoms with Gasteiger partial charge in [-0.05, 0) is 24.3 Å². The van der Waals surface area contributed by atoms with Crippen LogP contribution in [0.15, 0.2) is 48.5 Å². The molecule has 0 aliphatic rings. The summed E-state index contributed by atoms with van der Waals surface area (Å²) in [5.41, 5.74) is 1.46. The van der Waals surface area contributed by atoms with Gasteiger partial charge in [-0.1, -0.05) is 18.2 Å². The molecule has 2 aromatic carbocycles. The van der Waals surface area contributed by atoms with Gasteiger partial charge in [0.05, 0.1) is 10.5 Å². The van der Waals surface area contributed by atoms with Crippen LogP contribution in [0.3, 0.4) is 0 Å². The summed E-state index contributed by atoms with van der Waals surface area (Å²) in [4.78, 5) is 23.0. The Morgan fingerprint density at radius 2 is 1.79 bits per heavy atom. The summed E-state index contributed by atoms with van der Waals surface area (Å²) in [5.74, 6) is 0. The number of para-hydroxylation sites is 1. The summed E-state index contributed by atoms with van der Waals surface area (Å²) in [6, 6.07) is 14.0. The Morgan fingerprint density at radius 3 is 2.37 bits per heavy atom. The van der Waals surface area contributed by atoms with Crippen molar-refractivity contribution in [2.45, 2.75) is 0 Å². The number of nitro groups is 1. The zero-order valence-corrected chi connectivity index (χ0v) is 10.3. The van der Waals surface area contributed by atoms with Gasteiger partial charge in [0.25, 0.3) is 5.69 Å². The maximum atomic E-state index is 10.9. The fourth-order valence-electron chi connectivity index (χ4n) is 1.80. The molecule has 0 aliphatic heterocycles. The number of hydrogen-bond acceptors (Lipinski definition) is 4. The molecule has 5 heteroatoms. The van der Waals surface area contributed by atoms with Gasteiger partial charge < -0.3 is 4.90 Å². The molecule has 0 amide bonds. The highest BCUT2D eigenvalue weighted by Gasteiger charge is 2.15. The first-order valence-corrected chi connectivity index (χ1v) is 5.66. The average molecular weight is 256 g/mol. The minimum Gasteiger partial charge on any atom is -0.344 e. The van der Waals surface area contributed by atoms with E-state index < -0.39 is 4.92 Å². The van der Waals surface area contributed by atoms with Gasteiger partial charge >= 0.3 is 0 Å². The molecule has 5 nitrogen and oxygen atoms in total. The Hall–Kier alpha value is -2.69. The summed E-state index contributed by atoms with van der Waals surface area (Å²) in [6.07, 6.45) is 0.491. The normalized spacial score (nSPS) is 9.95. The number of anilines is 2. The molecule has 0 N–H and O–H groups in total. The number of aldehydes is 1. The summed E-state index contributed by atoms with van der Waals surface area (Å²) in [7, 11) is 1.81. The van der Waals surface area contributed by atoms with Crippen LogP contribution in [-0.2, 0) is 0 Å². The number of nitro benzene ring substituents is 1. The molecule has 0 radical (unpaired) electrons. The van der Waals surface area contributed by atoms with E-state index in [0.29, 0.717) is 12.0 Å². The second kappa shape index (κ2) is 5.30. The molecule has 2 aromatic rings. The van der Waals surface area contributed by atoms with E-state index in [1.165, 1.54) is 12.1 Å². The third kappa shape index (κ3) is 2.60. The summed E-state index contributed by atoms with van der Waals surface area (Å²) < 4.78 is 0. The number of nitrogens with zero attached hydrogens (tertiary/aromatic N) is 2. The van der Waals surface area contributed by atoms with E-state index in [1.54, 1.807) is 6.07 Å². The largest absolute Gasteiger partial charge is 0.344 e.